The molecule has 2 heterocycles. The Kier molecular flexibility index (Phi) is 3.50. The first kappa shape index (κ1) is 12.9. The summed E-state index contributed by atoms with van der Waals surface area (Å²) in [5, 5.41) is 0. The van der Waals surface area contributed by atoms with E-state index in [1.54, 1.807) is 0 Å². The summed E-state index contributed by atoms with van der Waals surface area (Å²) in [6.07, 6.45) is 3.35. The van der Waals surface area contributed by atoms with Crippen molar-refractivity contribution in [3.8, 4) is 5.75 Å². The Morgan fingerprint density at radius 3 is 2.84 bits per heavy atom. The van der Waals surface area contributed by atoms with E-state index in [-0.39, 0.29) is 5.41 Å². The van der Waals surface area contributed by atoms with Gasteiger partial charge in [0.1, 0.15) is 5.75 Å². The number of rotatable bonds is 4. The topological polar surface area (TPSA) is 44.5 Å². The number of aryl methyl sites for hydroxylation is 1. The van der Waals surface area contributed by atoms with Crippen molar-refractivity contribution in [3.05, 3.63) is 29.3 Å². The number of ether oxygens (including phenoxy) is 2. The Labute approximate surface area is 115 Å². The zero-order chi connectivity index (χ0) is 13.3. The van der Waals surface area contributed by atoms with Gasteiger partial charge in [-0.3, -0.25) is 0 Å². The SMILES string of the molecule is CCC(CN)C1(c2ccc3c(c2)CCCO3)COC1. The average molecular weight is 261 g/mol. The molecule has 1 aromatic rings. The summed E-state index contributed by atoms with van der Waals surface area (Å²) in [5.74, 6) is 1.56. The molecule has 0 spiro atoms. The lowest BCUT2D eigenvalue weighted by Gasteiger charge is -2.47. The van der Waals surface area contributed by atoms with Crippen LogP contribution in [-0.4, -0.2) is 26.4 Å². The van der Waals surface area contributed by atoms with Crippen molar-refractivity contribution in [3.63, 3.8) is 0 Å². The van der Waals surface area contributed by atoms with Crippen LogP contribution in [0.5, 0.6) is 5.75 Å². The fraction of sp³-hybridized carbons (Fsp3) is 0.625. The highest BCUT2D eigenvalue weighted by Crippen LogP contribution is 2.42. The third kappa shape index (κ3) is 2.05. The number of hydrogen-bond acceptors (Lipinski definition) is 3. The van der Waals surface area contributed by atoms with Crippen molar-refractivity contribution in [1.82, 2.24) is 0 Å². The van der Waals surface area contributed by atoms with Crippen LogP contribution in [0.2, 0.25) is 0 Å². The molecular formula is C16H23NO2. The predicted molar refractivity (Wildman–Crippen MR) is 75.6 cm³/mol. The van der Waals surface area contributed by atoms with Gasteiger partial charge in [0.2, 0.25) is 0 Å². The van der Waals surface area contributed by atoms with Gasteiger partial charge in [0, 0.05) is 5.41 Å². The zero-order valence-corrected chi connectivity index (χ0v) is 11.7. The van der Waals surface area contributed by atoms with Crippen molar-refractivity contribution in [1.29, 1.82) is 0 Å². The molecule has 3 nitrogen and oxygen atoms in total. The van der Waals surface area contributed by atoms with E-state index >= 15 is 0 Å². The zero-order valence-electron chi connectivity index (χ0n) is 11.7. The molecule has 1 fully saturated rings. The molecule has 104 valence electrons. The molecule has 0 aromatic heterocycles. The van der Waals surface area contributed by atoms with Crippen molar-refractivity contribution in [2.24, 2.45) is 11.7 Å². The lowest BCUT2D eigenvalue weighted by molar-refractivity contribution is -0.0898. The lowest BCUT2D eigenvalue weighted by Crippen LogP contribution is -2.54. The molecule has 0 bridgehead atoms. The second kappa shape index (κ2) is 5.14. The molecule has 2 N–H and O–H groups in total. The Hall–Kier alpha value is -1.06. The van der Waals surface area contributed by atoms with Gasteiger partial charge < -0.3 is 15.2 Å². The van der Waals surface area contributed by atoms with Gasteiger partial charge in [0.25, 0.3) is 0 Å². The summed E-state index contributed by atoms with van der Waals surface area (Å²) in [6, 6.07) is 6.67. The first-order valence-corrected chi connectivity index (χ1v) is 7.34. The fourth-order valence-electron chi connectivity index (χ4n) is 3.41. The van der Waals surface area contributed by atoms with Gasteiger partial charge >= 0.3 is 0 Å². The van der Waals surface area contributed by atoms with Crippen LogP contribution in [0.25, 0.3) is 0 Å². The van der Waals surface area contributed by atoms with Crippen LogP contribution in [0.4, 0.5) is 0 Å². The smallest absolute Gasteiger partial charge is 0.122 e. The second-order valence-electron chi connectivity index (χ2n) is 5.76. The Balaban J connectivity index is 1.95. The van der Waals surface area contributed by atoms with Crippen molar-refractivity contribution in [2.45, 2.75) is 31.6 Å². The fourth-order valence-corrected chi connectivity index (χ4v) is 3.41. The molecule has 1 aromatic carbocycles. The van der Waals surface area contributed by atoms with Gasteiger partial charge in [-0.1, -0.05) is 25.5 Å². The minimum Gasteiger partial charge on any atom is -0.493 e. The minimum absolute atomic E-state index is 0.135. The van der Waals surface area contributed by atoms with E-state index < -0.39 is 0 Å². The van der Waals surface area contributed by atoms with Gasteiger partial charge in [-0.15, -0.1) is 0 Å². The van der Waals surface area contributed by atoms with E-state index in [4.69, 9.17) is 15.2 Å². The molecule has 3 rings (SSSR count). The van der Waals surface area contributed by atoms with Gasteiger partial charge in [-0.25, -0.2) is 0 Å². The highest BCUT2D eigenvalue weighted by molar-refractivity contribution is 5.42. The van der Waals surface area contributed by atoms with Crippen LogP contribution in [0.15, 0.2) is 18.2 Å². The summed E-state index contributed by atoms with van der Waals surface area (Å²) in [7, 11) is 0. The first-order valence-electron chi connectivity index (χ1n) is 7.34. The molecule has 3 heteroatoms. The van der Waals surface area contributed by atoms with E-state index in [0.717, 1.165) is 51.4 Å². The summed E-state index contributed by atoms with van der Waals surface area (Å²) >= 11 is 0. The standard InChI is InChI=1S/C16H23NO2/c1-2-13(9-17)16(10-18-11-16)14-5-6-15-12(8-14)4-3-7-19-15/h5-6,8,13H,2-4,7,9-11,17H2,1H3. The monoisotopic (exact) mass is 261 g/mol. The molecule has 1 saturated heterocycles. The highest BCUT2D eigenvalue weighted by Gasteiger charge is 2.45. The van der Waals surface area contributed by atoms with Crippen molar-refractivity contribution >= 4 is 0 Å². The van der Waals surface area contributed by atoms with Gasteiger partial charge in [-0.05, 0) is 42.5 Å². The quantitative estimate of drug-likeness (QED) is 0.904. The third-order valence-corrected chi connectivity index (χ3v) is 4.76. The van der Waals surface area contributed by atoms with Crippen LogP contribution < -0.4 is 10.5 Å². The molecule has 1 atom stereocenters. The molecule has 0 amide bonds. The molecule has 0 radical (unpaired) electrons. The van der Waals surface area contributed by atoms with Crippen LogP contribution in [0.1, 0.15) is 30.9 Å². The first-order chi connectivity index (χ1) is 9.30. The van der Waals surface area contributed by atoms with E-state index in [1.807, 2.05) is 0 Å². The average Bonchev–Trinajstić information content (AvgIpc) is 2.42. The van der Waals surface area contributed by atoms with Crippen LogP contribution >= 0.6 is 0 Å². The maximum absolute atomic E-state index is 5.97. The molecule has 0 aliphatic carbocycles. The molecule has 0 saturated carbocycles. The van der Waals surface area contributed by atoms with Crippen molar-refractivity contribution in [2.75, 3.05) is 26.4 Å². The molecular weight excluding hydrogens is 238 g/mol. The van der Waals surface area contributed by atoms with Crippen molar-refractivity contribution < 1.29 is 9.47 Å². The molecule has 1 unspecified atom stereocenters. The predicted octanol–water partition coefficient (Wildman–Crippen LogP) is 2.26. The maximum Gasteiger partial charge on any atom is 0.122 e. The second-order valence-corrected chi connectivity index (χ2v) is 5.76. The van der Waals surface area contributed by atoms with E-state index in [0.29, 0.717) is 5.92 Å². The third-order valence-electron chi connectivity index (χ3n) is 4.76. The van der Waals surface area contributed by atoms with Crippen LogP contribution in [0, 0.1) is 5.92 Å². The lowest BCUT2D eigenvalue weighted by atomic mass is 9.67. The Bertz CT molecular complexity index is 450. The number of benzene rings is 1. The summed E-state index contributed by atoms with van der Waals surface area (Å²) < 4.78 is 11.2. The summed E-state index contributed by atoms with van der Waals surface area (Å²) in [5.41, 5.74) is 8.85. The van der Waals surface area contributed by atoms with E-state index in [9.17, 15) is 0 Å². The molecule has 19 heavy (non-hydrogen) atoms. The normalized spacial score (nSPS) is 22.0. The van der Waals surface area contributed by atoms with Crippen LogP contribution in [0.3, 0.4) is 0 Å². The van der Waals surface area contributed by atoms with Crippen LogP contribution in [-0.2, 0) is 16.6 Å². The van der Waals surface area contributed by atoms with E-state index in [1.165, 1.54) is 11.1 Å². The summed E-state index contributed by atoms with van der Waals surface area (Å²) in [4.78, 5) is 0. The molecule has 2 aliphatic heterocycles. The largest absolute Gasteiger partial charge is 0.493 e. The van der Waals surface area contributed by atoms with Gasteiger partial charge in [0.15, 0.2) is 0 Å². The Morgan fingerprint density at radius 2 is 2.21 bits per heavy atom. The number of hydrogen-bond donors (Lipinski definition) is 1. The van der Waals surface area contributed by atoms with E-state index in [2.05, 4.69) is 25.1 Å². The van der Waals surface area contributed by atoms with Gasteiger partial charge in [0.05, 0.1) is 19.8 Å². The number of nitrogens with two attached hydrogens (primary N) is 1. The Morgan fingerprint density at radius 1 is 1.37 bits per heavy atom. The summed E-state index contributed by atoms with van der Waals surface area (Å²) in [6.45, 7) is 5.41. The highest BCUT2D eigenvalue weighted by atomic mass is 16.5. The minimum atomic E-state index is 0.135. The van der Waals surface area contributed by atoms with Gasteiger partial charge in [-0.2, -0.15) is 0 Å². The maximum atomic E-state index is 5.97. The molecule has 2 aliphatic rings. The number of fused-ring (bicyclic) bond motifs is 1.